The summed E-state index contributed by atoms with van der Waals surface area (Å²) in [5, 5.41) is 19.4. The Morgan fingerprint density at radius 1 is 1.02 bits per heavy atom. The molecule has 1 saturated carbocycles. The number of rotatable bonds is 3. The molecular formula is C33H48N4O5. The molecule has 0 aromatic heterocycles. The van der Waals surface area contributed by atoms with E-state index >= 15 is 0 Å². The van der Waals surface area contributed by atoms with Gasteiger partial charge in [0.2, 0.25) is 17.7 Å². The molecule has 1 fully saturated rings. The largest absolute Gasteiger partial charge is 0.492 e. The predicted octanol–water partition coefficient (Wildman–Crippen LogP) is 2.77. The van der Waals surface area contributed by atoms with E-state index in [2.05, 4.69) is 53.2 Å². The van der Waals surface area contributed by atoms with E-state index in [9.17, 15) is 19.5 Å². The van der Waals surface area contributed by atoms with Gasteiger partial charge in [0, 0.05) is 20.1 Å². The molecule has 9 nitrogen and oxygen atoms in total. The summed E-state index contributed by atoms with van der Waals surface area (Å²) in [6.45, 7) is 8.26. The number of ether oxygens (including phenoxy) is 1. The van der Waals surface area contributed by atoms with Crippen LogP contribution in [0.1, 0.15) is 56.7 Å². The molecule has 4 rings (SSSR count). The van der Waals surface area contributed by atoms with Crippen molar-refractivity contribution in [1.82, 2.24) is 20.9 Å². The molecule has 2 aromatic carbocycles. The maximum absolute atomic E-state index is 13.4. The van der Waals surface area contributed by atoms with Crippen molar-refractivity contribution in [3.05, 3.63) is 65.2 Å². The summed E-state index contributed by atoms with van der Waals surface area (Å²) in [6.07, 6.45) is 4.47. The van der Waals surface area contributed by atoms with E-state index < -0.39 is 23.6 Å². The lowest BCUT2D eigenvalue weighted by Crippen LogP contribution is -2.62. The fourth-order valence-electron chi connectivity index (χ4n) is 5.17. The molecule has 1 aliphatic carbocycles. The monoisotopic (exact) mass is 580 g/mol. The fraction of sp³-hybridized carbons (Fsp3) is 0.545. The van der Waals surface area contributed by atoms with Crippen LogP contribution in [0.2, 0.25) is 0 Å². The number of amides is 3. The zero-order valence-electron chi connectivity index (χ0n) is 25.7. The highest BCUT2D eigenvalue weighted by Gasteiger charge is 2.44. The molecule has 230 valence electrons. The molecule has 4 N–H and O–H groups in total. The molecule has 9 heteroatoms. The number of aliphatic hydroxyl groups is 1. The van der Waals surface area contributed by atoms with Crippen LogP contribution in [0.3, 0.4) is 0 Å². The maximum Gasteiger partial charge on any atom is 0.246 e. The summed E-state index contributed by atoms with van der Waals surface area (Å²) < 4.78 is 6.03. The second-order valence-corrected chi connectivity index (χ2v) is 11.7. The average molecular weight is 581 g/mol. The van der Waals surface area contributed by atoms with Gasteiger partial charge in [0.15, 0.2) is 0 Å². The number of nitrogens with zero attached hydrogens (tertiary/aromatic N) is 1. The van der Waals surface area contributed by atoms with Crippen LogP contribution in [0.4, 0.5) is 0 Å². The van der Waals surface area contributed by atoms with Gasteiger partial charge in [-0.25, -0.2) is 0 Å². The number of carbonyl (C=O) groups is 3. The quantitative estimate of drug-likeness (QED) is 0.443. The zero-order valence-corrected chi connectivity index (χ0v) is 25.7. The molecule has 2 aliphatic rings. The van der Waals surface area contributed by atoms with Crippen LogP contribution in [0.15, 0.2) is 48.5 Å². The molecule has 1 heterocycles. The number of nitrogens with one attached hydrogen (secondary N) is 3. The molecule has 0 saturated heterocycles. The van der Waals surface area contributed by atoms with Crippen LogP contribution >= 0.6 is 0 Å². The standard InChI is InChI=1S/C25H38N4O5.C8H10/c1-16-7-10-19-18(14-16)6-5-11-26-20(30)15-28-23(31)22(25(2,3)33)29(4)24(32)21(17-8-9-17)27-12-13-34-19;1-2-8-6-4-3-5-7-8/h7,10,14,17,21-22,27,33H,5-6,8-9,11-13,15H2,1-4H3,(H,26,30)(H,28,31);3-7H,2H2,1H3. The highest BCUT2D eigenvalue weighted by Crippen LogP contribution is 2.34. The van der Waals surface area contributed by atoms with E-state index in [1.165, 1.54) is 31.4 Å². The van der Waals surface area contributed by atoms with Crippen LogP contribution in [-0.4, -0.2) is 78.7 Å². The van der Waals surface area contributed by atoms with Crippen LogP contribution in [0, 0.1) is 12.8 Å². The Hall–Kier alpha value is -3.43. The molecule has 42 heavy (non-hydrogen) atoms. The van der Waals surface area contributed by atoms with E-state index in [-0.39, 0.29) is 24.3 Å². The van der Waals surface area contributed by atoms with Crippen molar-refractivity contribution in [2.24, 2.45) is 5.92 Å². The van der Waals surface area contributed by atoms with Gasteiger partial charge in [-0.15, -0.1) is 0 Å². The Morgan fingerprint density at radius 3 is 2.36 bits per heavy atom. The van der Waals surface area contributed by atoms with Gasteiger partial charge in [-0.1, -0.05) is 55.0 Å². The predicted molar refractivity (Wildman–Crippen MR) is 164 cm³/mol. The lowest BCUT2D eigenvalue weighted by atomic mass is 9.95. The minimum Gasteiger partial charge on any atom is -0.492 e. The SMILES string of the molecule is CCc1ccccc1.Cc1ccc2c(c1)CCCNC(=O)CNC(=O)C(C(C)(C)O)N(C)C(=O)C(C1CC1)NCCO2. The first-order chi connectivity index (χ1) is 20.0. The van der Waals surface area contributed by atoms with Crippen molar-refractivity contribution in [2.45, 2.75) is 77.5 Å². The number of aryl methyl sites for hydroxylation is 3. The van der Waals surface area contributed by atoms with Crippen LogP contribution in [0.5, 0.6) is 5.75 Å². The van der Waals surface area contributed by atoms with Gasteiger partial charge in [0.25, 0.3) is 0 Å². The number of carbonyl (C=O) groups excluding carboxylic acids is 3. The minimum atomic E-state index is -1.50. The molecule has 2 aromatic rings. The molecule has 0 bridgehead atoms. The van der Waals surface area contributed by atoms with E-state index in [0.29, 0.717) is 19.7 Å². The van der Waals surface area contributed by atoms with Gasteiger partial charge in [-0.05, 0) is 76.0 Å². The summed E-state index contributed by atoms with van der Waals surface area (Å²) in [6, 6.07) is 14.9. The lowest BCUT2D eigenvalue weighted by molar-refractivity contribution is -0.149. The summed E-state index contributed by atoms with van der Waals surface area (Å²) in [5.41, 5.74) is 2.13. The third-order valence-electron chi connectivity index (χ3n) is 7.57. The van der Waals surface area contributed by atoms with Crippen molar-refractivity contribution >= 4 is 17.7 Å². The Morgan fingerprint density at radius 2 is 1.74 bits per heavy atom. The average Bonchev–Trinajstić information content (AvgIpc) is 3.80. The fourth-order valence-corrected chi connectivity index (χ4v) is 5.17. The lowest BCUT2D eigenvalue weighted by Gasteiger charge is -2.37. The second-order valence-electron chi connectivity index (χ2n) is 11.7. The maximum atomic E-state index is 13.4. The summed E-state index contributed by atoms with van der Waals surface area (Å²) >= 11 is 0. The summed E-state index contributed by atoms with van der Waals surface area (Å²) in [5.74, 6) is -0.156. The van der Waals surface area contributed by atoms with Gasteiger partial charge in [-0.3, -0.25) is 14.4 Å². The Balaban J connectivity index is 0.000000521. The molecule has 3 amide bonds. The Bertz CT molecular complexity index is 1180. The smallest absolute Gasteiger partial charge is 0.246 e. The molecule has 2 atom stereocenters. The van der Waals surface area contributed by atoms with E-state index in [1.54, 1.807) is 0 Å². The van der Waals surface area contributed by atoms with Crippen LogP contribution in [0.25, 0.3) is 0 Å². The third-order valence-corrected chi connectivity index (χ3v) is 7.57. The first-order valence-corrected chi connectivity index (χ1v) is 15.0. The van der Waals surface area contributed by atoms with Gasteiger partial charge < -0.3 is 30.7 Å². The van der Waals surface area contributed by atoms with Crippen LogP contribution < -0.4 is 20.7 Å². The molecular weight excluding hydrogens is 532 g/mol. The van der Waals surface area contributed by atoms with Gasteiger partial charge in [0.05, 0.1) is 18.2 Å². The first kappa shape index (κ1) is 33.1. The van der Waals surface area contributed by atoms with Gasteiger partial charge in [-0.2, -0.15) is 0 Å². The molecule has 2 unspecified atom stereocenters. The van der Waals surface area contributed by atoms with Crippen molar-refractivity contribution in [3.63, 3.8) is 0 Å². The van der Waals surface area contributed by atoms with Gasteiger partial charge >= 0.3 is 0 Å². The Kier molecular flexibility index (Phi) is 12.4. The number of hydrogen-bond donors (Lipinski definition) is 4. The Labute approximate surface area is 250 Å². The van der Waals surface area contributed by atoms with Crippen molar-refractivity contribution in [1.29, 1.82) is 0 Å². The third kappa shape index (κ3) is 10.1. The second kappa shape index (κ2) is 15.7. The number of likely N-dealkylation sites (N-methyl/N-ethyl adjacent to an activating group) is 1. The highest BCUT2D eigenvalue weighted by molar-refractivity contribution is 5.92. The van der Waals surface area contributed by atoms with E-state index in [4.69, 9.17) is 4.74 Å². The topological polar surface area (TPSA) is 120 Å². The van der Waals surface area contributed by atoms with Crippen molar-refractivity contribution in [3.8, 4) is 5.75 Å². The van der Waals surface area contributed by atoms with Crippen molar-refractivity contribution < 1.29 is 24.2 Å². The highest BCUT2D eigenvalue weighted by atomic mass is 16.5. The summed E-state index contributed by atoms with van der Waals surface area (Å²) in [7, 11) is 1.52. The number of fused-ring (bicyclic) bond motifs is 1. The van der Waals surface area contributed by atoms with Crippen LogP contribution in [-0.2, 0) is 27.2 Å². The van der Waals surface area contributed by atoms with E-state index in [0.717, 1.165) is 49.0 Å². The minimum absolute atomic E-state index is 0.187. The normalized spacial score (nSPS) is 21.4. The number of hydrogen-bond acceptors (Lipinski definition) is 6. The molecule has 0 radical (unpaired) electrons. The number of benzene rings is 2. The summed E-state index contributed by atoms with van der Waals surface area (Å²) in [4.78, 5) is 39.9. The van der Waals surface area contributed by atoms with Crippen molar-refractivity contribution in [2.75, 3.05) is 33.3 Å². The molecule has 0 spiro atoms. The first-order valence-electron chi connectivity index (χ1n) is 15.0. The molecule has 1 aliphatic heterocycles. The van der Waals surface area contributed by atoms with E-state index in [1.807, 2.05) is 25.1 Å². The zero-order chi connectivity index (χ0) is 30.7. The van der Waals surface area contributed by atoms with Gasteiger partial charge in [0.1, 0.15) is 18.4 Å².